The Labute approximate surface area is 139 Å². The average Bonchev–Trinajstić information content (AvgIpc) is 3.17. The van der Waals surface area contributed by atoms with Gasteiger partial charge in [-0.25, -0.2) is 4.98 Å². The smallest absolute Gasteiger partial charge is 0.252 e. The Morgan fingerprint density at radius 1 is 1.33 bits per heavy atom. The number of aromatic amines is 1. The predicted octanol–water partition coefficient (Wildman–Crippen LogP) is 2.84. The molecule has 6 nitrogen and oxygen atoms in total. The minimum atomic E-state index is -0.0165. The molecular formula is C18H18N4O2. The molecule has 0 saturated heterocycles. The van der Waals surface area contributed by atoms with Crippen molar-refractivity contribution in [3.63, 3.8) is 0 Å². The van der Waals surface area contributed by atoms with Crippen molar-refractivity contribution in [1.29, 1.82) is 0 Å². The molecule has 0 spiro atoms. The van der Waals surface area contributed by atoms with Gasteiger partial charge in [-0.15, -0.1) is 0 Å². The molecule has 6 heteroatoms. The summed E-state index contributed by atoms with van der Waals surface area (Å²) in [5.74, 6) is 0.668. The zero-order valence-corrected chi connectivity index (χ0v) is 13.4. The number of methoxy groups -OCH3 is 1. The lowest BCUT2D eigenvalue weighted by Gasteiger charge is -2.17. The van der Waals surface area contributed by atoms with Gasteiger partial charge in [0, 0.05) is 25.0 Å². The number of carbonyl (C=O) groups excluding carboxylic acids is 1. The summed E-state index contributed by atoms with van der Waals surface area (Å²) in [6.07, 6.45) is 0.871. The van der Waals surface area contributed by atoms with Crippen LogP contribution in [0, 0.1) is 0 Å². The van der Waals surface area contributed by atoms with Crippen LogP contribution in [0.25, 0.3) is 11.0 Å². The van der Waals surface area contributed by atoms with E-state index < -0.39 is 0 Å². The number of benzene rings is 2. The molecule has 1 aliphatic heterocycles. The van der Waals surface area contributed by atoms with Crippen molar-refractivity contribution in [2.45, 2.75) is 6.42 Å². The standard InChI is InChI=1S/C18H18N4O2/c1-24-11-17(23)22-9-8-12-6-7-13(10-16(12)22)19-18-20-14-4-2-3-5-15(14)21-18/h2-7,10H,8-9,11H2,1H3,(H2,19,20,21). The molecule has 1 aliphatic rings. The molecule has 3 aromatic rings. The number of H-pyrrole nitrogens is 1. The SMILES string of the molecule is COCC(=O)N1CCc2ccc(Nc3nc4ccccc4[nH]3)cc21. The van der Waals surface area contributed by atoms with Crippen molar-refractivity contribution in [1.82, 2.24) is 9.97 Å². The van der Waals surface area contributed by atoms with E-state index >= 15 is 0 Å². The quantitative estimate of drug-likeness (QED) is 0.775. The van der Waals surface area contributed by atoms with E-state index in [2.05, 4.69) is 21.4 Å². The number of rotatable bonds is 4. The van der Waals surface area contributed by atoms with Crippen LogP contribution in [-0.4, -0.2) is 36.1 Å². The molecule has 24 heavy (non-hydrogen) atoms. The van der Waals surface area contributed by atoms with Gasteiger partial charge in [0.1, 0.15) is 6.61 Å². The van der Waals surface area contributed by atoms with Gasteiger partial charge in [0.25, 0.3) is 5.91 Å². The lowest BCUT2D eigenvalue weighted by Crippen LogP contribution is -2.32. The van der Waals surface area contributed by atoms with Crippen molar-refractivity contribution in [2.24, 2.45) is 0 Å². The first-order chi connectivity index (χ1) is 11.7. The van der Waals surface area contributed by atoms with Gasteiger partial charge in [-0.05, 0) is 36.2 Å². The van der Waals surface area contributed by atoms with E-state index in [1.807, 2.05) is 36.4 Å². The fourth-order valence-electron chi connectivity index (χ4n) is 3.07. The average molecular weight is 322 g/mol. The van der Waals surface area contributed by atoms with Crippen LogP contribution in [0.5, 0.6) is 0 Å². The fraction of sp³-hybridized carbons (Fsp3) is 0.222. The van der Waals surface area contributed by atoms with Gasteiger partial charge < -0.3 is 19.9 Å². The van der Waals surface area contributed by atoms with Crippen LogP contribution in [0.4, 0.5) is 17.3 Å². The van der Waals surface area contributed by atoms with Crippen LogP contribution < -0.4 is 10.2 Å². The molecule has 0 saturated carbocycles. The molecule has 0 atom stereocenters. The zero-order valence-electron chi connectivity index (χ0n) is 13.4. The van der Waals surface area contributed by atoms with Crippen LogP contribution in [0.1, 0.15) is 5.56 Å². The van der Waals surface area contributed by atoms with E-state index in [9.17, 15) is 4.79 Å². The number of anilines is 3. The second kappa shape index (κ2) is 5.98. The van der Waals surface area contributed by atoms with Gasteiger partial charge in [0.2, 0.25) is 5.95 Å². The van der Waals surface area contributed by atoms with Crippen molar-refractivity contribution in [3.05, 3.63) is 48.0 Å². The molecule has 2 heterocycles. The van der Waals surface area contributed by atoms with E-state index in [-0.39, 0.29) is 12.5 Å². The van der Waals surface area contributed by atoms with Crippen molar-refractivity contribution >= 4 is 34.3 Å². The van der Waals surface area contributed by atoms with Crippen LogP contribution >= 0.6 is 0 Å². The first kappa shape index (κ1) is 14.7. The maximum atomic E-state index is 12.2. The number of para-hydroxylation sites is 2. The van der Waals surface area contributed by atoms with Gasteiger partial charge in [0.15, 0.2) is 0 Å². The summed E-state index contributed by atoms with van der Waals surface area (Å²) in [5, 5.41) is 3.28. The minimum Gasteiger partial charge on any atom is -0.375 e. The molecule has 0 unspecified atom stereocenters. The molecule has 2 N–H and O–H groups in total. The molecule has 1 aromatic heterocycles. The summed E-state index contributed by atoms with van der Waals surface area (Å²) in [6.45, 7) is 0.798. The molecule has 0 bridgehead atoms. The number of carbonyl (C=O) groups is 1. The van der Waals surface area contributed by atoms with E-state index in [4.69, 9.17) is 4.74 Å². The number of fused-ring (bicyclic) bond motifs is 2. The first-order valence-electron chi connectivity index (χ1n) is 7.88. The summed E-state index contributed by atoms with van der Waals surface area (Å²) >= 11 is 0. The van der Waals surface area contributed by atoms with Crippen LogP contribution in [-0.2, 0) is 16.0 Å². The second-order valence-corrected chi connectivity index (χ2v) is 5.80. The van der Waals surface area contributed by atoms with Crippen molar-refractivity contribution < 1.29 is 9.53 Å². The number of hydrogen-bond acceptors (Lipinski definition) is 4. The topological polar surface area (TPSA) is 70.2 Å². The van der Waals surface area contributed by atoms with Crippen LogP contribution in [0.15, 0.2) is 42.5 Å². The highest BCUT2D eigenvalue weighted by Crippen LogP contribution is 2.32. The second-order valence-electron chi connectivity index (χ2n) is 5.80. The number of imidazole rings is 1. The third-order valence-electron chi connectivity index (χ3n) is 4.20. The molecule has 1 amide bonds. The largest absolute Gasteiger partial charge is 0.375 e. The number of hydrogen-bond donors (Lipinski definition) is 2. The van der Waals surface area contributed by atoms with E-state index in [0.29, 0.717) is 12.5 Å². The maximum absolute atomic E-state index is 12.2. The minimum absolute atomic E-state index is 0.0165. The molecule has 122 valence electrons. The van der Waals surface area contributed by atoms with E-state index in [1.54, 1.807) is 4.90 Å². The summed E-state index contributed by atoms with van der Waals surface area (Å²) in [4.78, 5) is 21.7. The third-order valence-corrected chi connectivity index (χ3v) is 4.20. The Hall–Kier alpha value is -2.86. The Morgan fingerprint density at radius 3 is 3.04 bits per heavy atom. The molecule has 0 aliphatic carbocycles. The predicted molar refractivity (Wildman–Crippen MR) is 93.8 cm³/mol. The molecule has 2 aromatic carbocycles. The molecule has 4 rings (SSSR count). The normalized spacial score (nSPS) is 13.3. The van der Waals surface area contributed by atoms with Gasteiger partial charge in [-0.1, -0.05) is 18.2 Å². The van der Waals surface area contributed by atoms with E-state index in [0.717, 1.165) is 28.8 Å². The Balaban J connectivity index is 1.61. The van der Waals surface area contributed by atoms with Gasteiger partial charge in [0.05, 0.1) is 11.0 Å². The number of ether oxygens (including phenoxy) is 1. The van der Waals surface area contributed by atoms with E-state index in [1.165, 1.54) is 12.7 Å². The molecule has 0 fully saturated rings. The van der Waals surface area contributed by atoms with Crippen molar-refractivity contribution in [3.8, 4) is 0 Å². The highest BCUT2D eigenvalue weighted by molar-refractivity contribution is 5.97. The van der Waals surface area contributed by atoms with Crippen LogP contribution in [0.2, 0.25) is 0 Å². The summed E-state index contributed by atoms with van der Waals surface area (Å²) in [5.41, 5.74) is 4.91. The maximum Gasteiger partial charge on any atom is 0.252 e. The van der Waals surface area contributed by atoms with Gasteiger partial charge in [-0.3, -0.25) is 4.79 Å². The fourth-order valence-corrected chi connectivity index (χ4v) is 3.07. The number of aromatic nitrogens is 2. The van der Waals surface area contributed by atoms with Gasteiger partial charge >= 0.3 is 0 Å². The Kier molecular flexibility index (Phi) is 3.66. The summed E-state index contributed by atoms with van der Waals surface area (Å²) < 4.78 is 4.97. The third kappa shape index (κ3) is 2.61. The number of amides is 1. The highest BCUT2D eigenvalue weighted by Gasteiger charge is 2.24. The van der Waals surface area contributed by atoms with Crippen LogP contribution in [0.3, 0.4) is 0 Å². The van der Waals surface area contributed by atoms with Crippen molar-refractivity contribution in [2.75, 3.05) is 30.5 Å². The zero-order chi connectivity index (χ0) is 16.5. The summed E-state index contributed by atoms with van der Waals surface area (Å²) in [6, 6.07) is 13.9. The number of nitrogens with one attached hydrogen (secondary N) is 2. The summed E-state index contributed by atoms with van der Waals surface area (Å²) in [7, 11) is 1.54. The number of nitrogens with zero attached hydrogens (tertiary/aromatic N) is 2. The lowest BCUT2D eigenvalue weighted by atomic mass is 10.1. The lowest BCUT2D eigenvalue weighted by molar-refractivity contribution is -0.122. The van der Waals surface area contributed by atoms with Gasteiger partial charge in [-0.2, -0.15) is 0 Å². The Bertz CT molecular complexity index is 870. The monoisotopic (exact) mass is 322 g/mol. The first-order valence-corrected chi connectivity index (χ1v) is 7.88. The highest BCUT2D eigenvalue weighted by atomic mass is 16.5. The molecular weight excluding hydrogens is 304 g/mol. The Morgan fingerprint density at radius 2 is 2.21 bits per heavy atom. The molecule has 0 radical (unpaired) electrons.